The lowest BCUT2D eigenvalue weighted by Gasteiger charge is -2.20. The third-order valence-corrected chi connectivity index (χ3v) is 3.75. The molecule has 0 atom stereocenters. The van der Waals surface area contributed by atoms with E-state index in [1.807, 2.05) is 0 Å². The SMILES string of the molecule is CNC1CCCCC1.CO[SiH](OC)OC.[SiH4]. The fraction of sp³-hybridized carbons (Fsp3) is 1.00. The monoisotopic (exact) mass is 267 g/mol. The summed E-state index contributed by atoms with van der Waals surface area (Å²) in [4.78, 5) is 0. The number of nitrogens with one attached hydrogen (secondary N) is 1. The lowest BCUT2D eigenvalue weighted by Crippen LogP contribution is -2.26. The Morgan fingerprint density at radius 1 is 0.938 bits per heavy atom. The third-order valence-electron chi connectivity index (χ3n) is 2.59. The molecule has 0 aromatic rings. The quantitative estimate of drug-likeness (QED) is 0.712. The molecule has 1 aliphatic rings. The average Bonchev–Trinajstić information content (AvgIpc) is 2.33. The molecule has 0 bridgehead atoms. The minimum absolute atomic E-state index is 0. The largest absolute Gasteiger partial charge is 0.483 e. The van der Waals surface area contributed by atoms with Gasteiger partial charge in [-0.15, -0.1) is 0 Å². The van der Waals surface area contributed by atoms with Crippen LogP contribution < -0.4 is 5.32 Å². The number of hydrogen-bond acceptors (Lipinski definition) is 4. The zero-order valence-electron chi connectivity index (χ0n) is 10.4. The molecular formula is C10H29NO3Si2. The summed E-state index contributed by atoms with van der Waals surface area (Å²) < 4.78 is 14.2. The molecule has 0 spiro atoms. The van der Waals surface area contributed by atoms with Crippen molar-refractivity contribution in [2.75, 3.05) is 28.4 Å². The molecule has 6 heteroatoms. The van der Waals surface area contributed by atoms with Crippen LogP contribution in [-0.2, 0) is 13.3 Å². The van der Waals surface area contributed by atoms with E-state index in [1.165, 1.54) is 32.1 Å². The maximum Gasteiger partial charge on any atom is 0.483 e. The highest BCUT2D eigenvalue weighted by Crippen LogP contribution is 2.16. The highest BCUT2D eigenvalue weighted by molar-refractivity contribution is 6.36. The number of hydrogen-bond donors (Lipinski definition) is 1. The summed E-state index contributed by atoms with van der Waals surface area (Å²) in [6.07, 6.45) is 7.13. The Morgan fingerprint density at radius 3 is 1.56 bits per heavy atom. The van der Waals surface area contributed by atoms with Crippen LogP contribution in [0, 0.1) is 0 Å². The van der Waals surface area contributed by atoms with E-state index in [-0.39, 0.29) is 11.0 Å². The Labute approximate surface area is 106 Å². The summed E-state index contributed by atoms with van der Waals surface area (Å²) in [5.74, 6) is 0. The van der Waals surface area contributed by atoms with Crippen molar-refractivity contribution in [1.29, 1.82) is 0 Å². The molecule has 1 N–H and O–H groups in total. The molecule has 0 saturated heterocycles. The van der Waals surface area contributed by atoms with Crippen molar-refractivity contribution in [2.24, 2.45) is 0 Å². The first-order valence-electron chi connectivity index (χ1n) is 5.54. The molecule has 0 amide bonds. The lowest BCUT2D eigenvalue weighted by atomic mass is 9.96. The lowest BCUT2D eigenvalue weighted by molar-refractivity contribution is 0.163. The molecule has 16 heavy (non-hydrogen) atoms. The van der Waals surface area contributed by atoms with E-state index in [9.17, 15) is 0 Å². The van der Waals surface area contributed by atoms with E-state index in [0.29, 0.717) is 0 Å². The minimum Gasteiger partial charge on any atom is -0.379 e. The van der Waals surface area contributed by atoms with Crippen LogP contribution in [0.25, 0.3) is 0 Å². The highest BCUT2D eigenvalue weighted by Gasteiger charge is 2.09. The van der Waals surface area contributed by atoms with Gasteiger partial charge in [-0.3, -0.25) is 0 Å². The standard InChI is InChI=1S/C7H15N.C3H10O3Si.H4Si/c1-8-7-5-3-2-4-6-7;1-4-7(5-2)6-3;/h7-8H,2-6H2,1H3;7H,1-3H3;1H4. The molecule has 0 heterocycles. The van der Waals surface area contributed by atoms with E-state index in [0.717, 1.165) is 6.04 Å². The zero-order chi connectivity index (χ0) is 11.5. The van der Waals surface area contributed by atoms with Gasteiger partial charge in [0, 0.05) is 27.4 Å². The van der Waals surface area contributed by atoms with Crippen LogP contribution in [0.2, 0.25) is 0 Å². The van der Waals surface area contributed by atoms with Gasteiger partial charge in [0.2, 0.25) is 0 Å². The van der Waals surface area contributed by atoms with Crippen molar-refractivity contribution in [3.8, 4) is 0 Å². The van der Waals surface area contributed by atoms with Crippen molar-refractivity contribution >= 4 is 20.5 Å². The molecule has 1 aliphatic carbocycles. The topological polar surface area (TPSA) is 39.7 Å². The van der Waals surface area contributed by atoms with Gasteiger partial charge in [0.1, 0.15) is 0 Å². The van der Waals surface area contributed by atoms with Gasteiger partial charge in [-0.25, -0.2) is 0 Å². The van der Waals surface area contributed by atoms with Gasteiger partial charge in [-0.1, -0.05) is 19.3 Å². The molecule has 0 radical (unpaired) electrons. The van der Waals surface area contributed by atoms with Crippen molar-refractivity contribution in [2.45, 2.75) is 38.1 Å². The van der Waals surface area contributed by atoms with Crippen LogP contribution in [0.15, 0.2) is 0 Å². The predicted octanol–water partition coefficient (Wildman–Crippen LogP) is -0.270. The number of rotatable bonds is 4. The van der Waals surface area contributed by atoms with Gasteiger partial charge in [0.25, 0.3) is 0 Å². The second kappa shape index (κ2) is 13.3. The van der Waals surface area contributed by atoms with Crippen molar-refractivity contribution < 1.29 is 13.3 Å². The van der Waals surface area contributed by atoms with Gasteiger partial charge < -0.3 is 18.6 Å². The second-order valence-corrected chi connectivity index (χ2v) is 5.61. The molecular weight excluding hydrogens is 238 g/mol. The Bertz CT molecular complexity index is 126. The minimum atomic E-state index is -1.67. The van der Waals surface area contributed by atoms with Gasteiger partial charge in [0.15, 0.2) is 0 Å². The molecule has 0 aromatic heterocycles. The van der Waals surface area contributed by atoms with E-state index in [1.54, 1.807) is 21.3 Å². The molecule has 1 saturated carbocycles. The third kappa shape index (κ3) is 9.50. The Balaban J connectivity index is 0. The van der Waals surface area contributed by atoms with Crippen LogP contribution in [0.4, 0.5) is 0 Å². The Kier molecular flexibility index (Phi) is 15.5. The summed E-state index contributed by atoms with van der Waals surface area (Å²) in [7, 11) is 5.11. The summed E-state index contributed by atoms with van der Waals surface area (Å²) >= 11 is 0. The first-order chi connectivity index (χ1) is 7.28. The molecule has 1 rings (SSSR count). The van der Waals surface area contributed by atoms with Crippen LogP contribution >= 0.6 is 0 Å². The summed E-state index contributed by atoms with van der Waals surface area (Å²) in [5, 5.41) is 3.30. The second-order valence-electron chi connectivity index (χ2n) is 3.62. The predicted molar refractivity (Wildman–Crippen MR) is 75.4 cm³/mol. The van der Waals surface area contributed by atoms with Crippen molar-refractivity contribution in [3.05, 3.63) is 0 Å². The van der Waals surface area contributed by atoms with Gasteiger partial charge in [-0.2, -0.15) is 0 Å². The van der Waals surface area contributed by atoms with Crippen LogP contribution in [-0.4, -0.2) is 54.9 Å². The maximum absolute atomic E-state index is 4.74. The molecule has 0 aromatic carbocycles. The molecule has 4 nitrogen and oxygen atoms in total. The van der Waals surface area contributed by atoms with E-state index >= 15 is 0 Å². The maximum atomic E-state index is 4.74. The summed E-state index contributed by atoms with van der Waals surface area (Å²) in [6.45, 7) is 0. The van der Waals surface area contributed by atoms with E-state index in [4.69, 9.17) is 13.3 Å². The fourth-order valence-electron chi connectivity index (χ4n) is 1.68. The molecule has 100 valence electrons. The van der Waals surface area contributed by atoms with Crippen LogP contribution in [0.1, 0.15) is 32.1 Å². The first kappa shape index (κ1) is 18.6. The van der Waals surface area contributed by atoms with Gasteiger partial charge >= 0.3 is 9.53 Å². The normalized spacial score (nSPS) is 16.3. The average molecular weight is 268 g/mol. The van der Waals surface area contributed by atoms with Gasteiger partial charge in [0.05, 0.1) is 0 Å². The highest BCUT2D eigenvalue weighted by atomic mass is 28.3. The van der Waals surface area contributed by atoms with Crippen LogP contribution in [0.3, 0.4) is 0 Å². The van der Waals surface area contributed by atoms with Crippen molar-refractivity contribution in [3.63, 3.8) is 0 Å². The van der Waals surface area contributed by atoms with E-state index in [2.05, 4.69) is 12.4 Å². The zero-order valence-corrected chi connectivity index (χ0v) is 11.6. The fourth-order valence-corrected chi connectivity index (χ4v) is 2.26. The molecule has 1 fully saturated rings. The van der Waals surface area contributed by atoms with E-state index < -0.39 is 9.53 Å². The summed E-state index contributed by atoms with van der Waals surface area (Å²) in [5.41, 5.74) is 0. The van der Waals surface area contributed by atoms with Gasteiger partial charge in [-0.05, 0) is 30.9 Å². The van der Waals surface area contributed by atoms with Crippen LogP contribution in [0.5, 0.6) is 0 Å². The smallest absolute Gasteiger partial charge is 0.379 e. The first-order valence-corrected chi connectivity index (χ1v) is 6.95. The Morgan fingerprint density at radius 2 is 1.38 bits per heavy atom. The van der Waals surface area contributed by atoms with Crippen molar-refractivity contribution in [1.82, 2.24) is 5.32 Å². The Hall–Kier alpha value is 0.274. The molecule has 0 aliphatic heterocycles. The summed E-state index contributed by atoms with van der Waals surface area (Å²) in [6, 6.07) is 0.837. The molecule has 0 unspecified atom stereocenters.